The van der Waals surface area contributed by atoms with Crippen LogP contribution in [0.3, 0.4) is 0 Å². The van der Waals surface area contributed by atoms with Crippen molar-refractivity contribution >= 4 is 17.7 Å². The topological polar surface area (TPSA) is 109 Å². The summed E-state index contributed by atoms with van der Waals surface area (Å²) in [7, 11) is 1.67. The molecule has 0 atom stereocenters. The van der Waals surface area contributed by atoms with Crippen LogP contribution in [0.5, 0.6) is 0 Å². The van der Waals surface area contributed by atoms with Gasteiger partial charge in [0.1, 0.15) is 11.7 Å². The number of amides is 2. The van der Waals surface area contributed by atoms with E-state index in [0.717, 1.165) is 0 Å². The van der Waals surface area contributed by atoms with Gasteiger partial charge in [-0.3, -0.25) is 15.4 Å². The quantitative estimate of drug-likeness (QED) is 0.448. The highest BCUT2D eigenvalue weighted by Gasteiger charge is 2.17. The van der Waals surface area contributed by atoms with Crippen molar-refractivity contribution in [2.45, 2.75) is 26.3 Å². The van der Waals surface area contributed by atoms with Crippen LogP contribution in [0.2, 0.25) is 0 Å². The second-order valence-corrected chi connectivity index (χ2v) is 4.77. The second-order valence-electron chi connectivity index (χ2n) is 4.77. The van der Waals surface area contributed by atoms with Gasteiger partial charge in [-0.2, -0.15) is 5.10 Å². The molecule has 0 aromatic carbocycles. The highest BCUT2D eigenvalue weighted by molar-refractivity contribution is 6.02. The molecule has 1 heterocycles. The zero-order valence-corrected chi connectivity index (χ0v) is 10.5. The summed E-state index contributed by atoms with van der Waals surface area (Å²) in [5.41, 5.74) is 5.45. The van der Waals surface area contributed by atoms with Gasteiger partial charge in [-0.05, 0) is 20.8 Å². The number of amidine groups is 1. The molecule has 0 unspecified atom stereocenters. The van der Waals surface area contributed by atoms with Crippen molar-refractivity contribution in [3.8, 4) is 0 Å². The molecule has 0 bridgehead atoms. The van der Waals surface area contributed by atoms with Crippen molar-refractivity contribution in [3.63, 3.8) is 0 Å². The van der Waals surface area contributed by atoms with E-state index in [9.17, 15) is 4.79 Å². The maximum atomic E-state index is 11.7. The number of nitrogens with one attached hydrogen (secondary N) is 3. The third-order valence-electron chi connectivity index (χ3n) is 1.95. The smallest absolute Gasteiger partial charge is 0.320 e. The summed E-state index contributed by atoms with van der Waals surface area (Å²) in [5, 5.41) is 16.7. The lowest BCUT2D eigenvalue weighted by molar-refractivity contribution is 0.243. The molecule has 0 fully saturated rings. The highest BCUT2D eigenvalue weighted by Crippen LogP contribution is 2.13. The van der Waals surface area contributed by atoms with Crippen LogP contribution in [0.1, 0.15) is 26.3 Å². The first kappa shape index (κ1) is 13.0. The van der Waals surface area contributed by atoms with Gasteiger partial charge in [0.2, 0.25) is 0 Å². The molecule has 0 saturated heterocycles. The standard InChI is InChI=1S/C10H18N6O/c1-10(2,3)15-9(17)14-8-6(7(11)12)5-13-16(8)4/h5H,1-4H3,(H3,11,12)(H2,14,15,17). The number of nitrogens with two attached hydrogens (primary N) is 1. The third-order valence-corrected chi connectivity index (χ3v) is 1.95. The first-order chi connectivity index (χ1) is 7.70. The SMILES string of the molecule is Cn1ncc(C(=N)N)c1NC(=O)NC(C)(C)C. The van der Waals surface area contributed by atoms with Gasteiger partial charge < -0.3 is 11.1 Å². The Balaban J connectivity index is 2.85. The summed E-state index contributed by atoms with van der Waals surface area (Å²) in [6, 6.07) is -0.358. The molecule has 0 aliphatic rings. The Morgan fingerprint density at radius 1 is 1.53 bits per heavy atom. The predicted molar refractivity (Wildman–Crippen MR) is 66.1 cm³/mol. The van der Waals surface area contributed by atoms with Gasteiger partial charge in [-0.1, -0.05) is 0 Å². The van der Waals surface area contributed by atoms with Crippen LogP contribution in [-0.2, 0) is 7.05 Å². The number of nitrogens with zero attached hydrogens (tertiary/aromatic N) is 2. The largest absolute Gasteiger partial charge is 0.384 e. The van der Waals surface area contributed by atoms with E-state index in [4.69, 9.17) is 11.1 Å². The van der Waals surface area contributed by atoms with E-state index in [-0.39, 0.29) is 17.4 Å². The molecular formula is C10H18N6O. The van der Waals surface area contributed by atoms with E-state index < -0.39 is 0 Å². The van der Waals surface area contributed by atoms with E-state index in [1.807, 2.05) is 20.8 Å². The monoisotopic (exact) mass is 238 g/mol. The number of rotatable bonds is 2. The van der Waals surface area contributed by atoms with E-state index in [2.05, 4.69) is 15.7 Å². The number of nitrogen functional groups attached to an aromatic ring is 1. The zero-order valence-electron chi connectivity index (χ0n) is 10.5. The van der Waals surface area contributed by atoms with Gasteiger partial charge >= 0.3 is 6.03 Å². The maximum Gasteiger partial charge on any atom is 0.320 e. The zero-order chi connectivity index (χ0) is 13.2. The van der Waals surface area contributed by atoms with Gasteiger partial charge in [-0.15, -0.1) is 0 Å². The number of aryl methyl sites for hydroxylation is 1. The Morgan fingerprint density at radius 2 is 2.12 bits per heavy atom. The maximum absolute atomic E-state index is 11.7. The van der Waals surface area contributed by atoms with Gasteiger partial charge in [0.05, 0.1) is 11.8 Å². The summed E-state index contributed by atoms with van der Waals surface area (Å²) in [6.07, 6.45) is 1.44. The van der Waals surface area contributed by atoms with Crippen LogP contribution in [0.4, 0.5) is 10.6 Å². The van der Waals surface area contributed by atoms with Crippen LogP contribution >= 0.6 is 0 Å². The molecule has 94 valence electrons. The Labute approximate surface area is 99.9 Å². The summed E-state index contributed by atoms with van der Waals surface area (Å²) in [4.78, 5) is 11.7. The Kier molecular flexibility index (Phi) is 3.40. The fraction of sp³-hybridized carbons (Fsp3) is 0.500. The Morgan fingerprint density at radius 3 is 2.59 bits per heavy atom. The summed E-state index contributed by atoms with van der Waals surface area (Å²) in [6.45, 7) is 5.63. The van der Waals surface area contributed by atoms with E-state index in [1.165, 1.54) is 10.9 Å². The third kappa shape index (κ3) is 3.47. The van der Waals surface area contributed by atoms with Crippen molar-refractivity contribution in [2.75, 3.05) is 5.32 Å². The first-order valence-corrected chi connectivity index (χ1v) is 5.16. The lowest BCUT2D eigenvalue weighted by Gasteiger charge is -2.21. The number of aromatic nitrogens is 2. The number of hydrogen-bond donors (Lipinski definition) is 4. The molecule has 7 heteroatoms. The van der Waals surface area contributed by atoms with Crippen molar-refractivity contribution in [1.29, 1.82) is 5.41 Å². The second kappa shape index (κ2) is 4.44. The molecule has 17 heavy (non-hydrogen) atoms. The molecule has 0 saturated carbocycles. The fourth-order valence-corrected chi connectivity index (χ4v) is 1.26. The fourth-order valence-electron chi connectivity index (χ4n) is 1.26. The lowest BCUT2D eigenvalue weighted by atomic mass is 10.1. The average Bonchev–Trinajstić information content (AvgIpc) is 2.44. The summed E-state index contributed by atoms with van der Waals surface area (Å²) >= 11 is 0. The van der Waals surface area contributed by atoms with Crippen molar-refractivity contribution < 1.29 is 4.79 Å². The van der Waals surface area contributed by atoms with Gasteiger partial charge in [0, 0.05) is 12.6 Å². The molecule has 5 N–H and O–H groups in total. The van der Waals surface area contributed by atoms with E-state index >= 15 is 0 Å². The number of urea groups is 1. The molecule has 1 aromatic rings. The number of hydrogen-bond acceptors (Lipinski definition) is 3. The van der Waals surface area contributed by atoms with Crippen LogP contribution in [0, 0.1) is 5.41 Å². The molecule has 1 aromatic heterocycles. The number of carbonyl (C=O) groups excluding carboxylic acids is 1. The Hall–Kier alpha value is -2.05. The van der Waals surface area contributed by atoms with E-state index in [0.29, 0.717) is 11.4 Å². The lowest BCUT2D eigenvalue weighted by Crippen LogP contribution is -2.43. The molecule has 2 amide bonds. The van der Waals surface area contributed by atoms with Crippen molar-refractivity contribution in [2.24, 2.45) is 12.8 Å². The molecule has 0 radical (unpaired) electrons. The first-order valence-electron chi connectivity index (χ1n) is 5.16. The highest BCUT2D eigenvalue weighted by atomic mass is 16.2. The van der Waals surface area contributed by atoms with Crippen LogP contribution in [0.15, 0.2) is 6.20 Å². The molecule has 0 aliphatic heterocycles. The van der Waals surface area contributed by atoms with Crippen LogP contribution in [0.25, 0.3) is 0 Å². The number of carbonyl (C=O) groups is 1. The average molecular weight is 238 g/mol. The van der Waals surface area contributed by atoms with Gasteiger partial charge in [-0.25, -0.2) is 4.79 Å². The molecular weight excluding hydrogens is 220 g/mol. The minimum Gasteiger partial charge on any atom is -0.384 e. The predicted octanol–water partition coefficient (Wildman–Crippen LogP) is 0.624. The minimum absolute atomic E-state index is 0.135. The number of anilines is 1. The Bertz CT molecular complexity index is 442. The molecule has 0 spiro atoms. The summed E-state index contributed by atoms with van der Waals surface area (Å²) < 4.78 is 1.46. The van der Waals surface area contributed by atoms with Gasteiger partial charge in [0.25, 0.3) is 0 Å². The summed E-state index contributed by atoms with van der Waals surface area (Å²) in [5.74, 6) is 0.267. The van der Waals surface area contributed by atoms with Crippen LogP contribution in [-0.4, -0.2) is 27.2 Å². The molecule has 1 rings (SSSR count). The van der Waals surface area contributed by atoms with Crippen LogP contribution < -0.4 is 16.4 Å². The van der Waals surface area contributed by atoms with Crippen molar-refractivity contribution in [1.82, 2.24) is 15.1 Å². The molecule has 7 nitrogen and oxygen atoms in total. The van der Waals surface area contributed by atoms with Crippen molar-refractivity contribution in [3.05, 3.63) is 11.8 Å². The van der Waals surface area contributed by atoms with E-state index in [1.54, 1.807) is 7.05 Å². The van der Waals surface area contributed by atoms with Gasteiger partial charge in [0.15, 0.2) is 0 Å². The molecule has 0 aliphatic carbocycles. The normalized spacial score (nSPS) is 11.1. The minimum atomic E-state index is -0.358.